The number of sulfonamides is 1. The number of rotatable bonds is 5. The lowest BCUT2D eigenvalue weighted by atomic mass is 10.1. The quantitative estimate of drug-likeness (QED) is 0.676. The summed E-state index contributed by atoms with van der Waals surface area (Å²) in [6.45, 7) is 3.28. The third kappa shape index (κ3) is 4.49. The first-order valence-electron chi connectivity index (χ1n) is 10.2. The maximum Gasteiger partial charge on any atom is 0.254 e. The molecule has 0 aliphatic carbocycles. The zero-order chi connectivity index (χ0) is 22.0. The van der Waals surface area contributed by atoms with Crippen LogP contribution in [-0.4, -0.2) is 74.9 Å². The summed E-state index contributed by atoms with van der Waals surface area (Å²) in [7, 11) is -2.27. The standard InChI is InChI=1S/C21H25ClN4O4S/c1-30-18-6-4-16(14-19(18)31(28,29)26-8-2-3-9-26)21(27)25-12-10-24(11-13-25)20-7-5-17(22)15-23-20/h4-7,14-15H,2-3,8-13H2,1H3. The Kier molecular flexibility index (Phi) is 6.36. The molecule has 2 aromatic rings. The van der Waals surface area contributed by atoms with Gasteiger partial charge in [0, 0.05) is 51.0 Å². The number of aromatic nitrogens is 1. The first-order chi connectivity index (χ1) is 14.9. The van der Waals surface area contributed by atoms with Crippen molar-refractivity contribution >= 4 is 33.3 Å². The molecule has 3 heterocycles. The van der Waals surface area contributed by atoms with Crippen molar-refractivity contribution in [2.45, 2.75) is 17.7 Å². The van der Waals surface area contributed by atoms with Gasteiger partial charge in [0.15, 0.2) is 0 Å². The molecule has 0 saturated carbocycles. The van der Waals surface area contributed by atoms with E-state index >= 15 is 0 Å². The van der Waals surface area contributed by atoms with Crippen LogP contribution in [-0.2, 0) is 10.0 Å². The number of anilines is 1. The van der Waals surface area contributed by atoms with Gasteiger partial charge in [0.2, 0.25) is 10.0 Å². The molecule has 8 nitrogen and oxygen atoms in total. The number of benzene rings is 1. The van der Waals surface area contributed by atoms with Gasteiger partial charge in [-0.15, -0.1) is 0 Å². The SMILES string of the molecule is COc1ccc(C(=O)N2CCN(c3ccc(Cl)cn3)CC2)cc1S(=O)(=O)N1CCCC1. The Morgan fingerprint density at radius 2 is 1.74 bits per heavy atom. The van der Waals surface area contributed by atoms with Crippen molar-refractivity contribution < 1.29 is 17.9 Å². The highest BCUT2D eigenvalue weighted by Gasteiger charge is 2.31. The number of methoxy groups -OCH3 is 1. The van der Waals surface area contributed by atoms with Gasteiger partial charge in [-0.3, -0.25) is 4.79 Å². The third-order valence-corrected chi connectivity index (χ3v) is 7.84. The number of ether oxygens (including phenoxy) is 1. The number of amides is 1. The number of pyridine rings is 1. The van der Waals surface area contributed by atoms with Gasteiger partial charge in [-0.25, -0.2) is 13.4 Å². The monoisotopic (exact) mass is 464 g/mol. The van der Waals surface area contributed by atoms with E-state index in [2.05, 4.69) is 9.88 Å². The zero-order valence-electron chi connectivity index (χ0n) is 17.3. The maximum absolute atomic E-state index is 13.1. The molecule has 2 aliphatic heterocycles. The lowest BCUT2D eigenvalue weighted by molar-refractivity contribution is 0.0746. The van der Waals surface area contributed by atoms with Gasteiger partial charge in [0.05, 0.1) is 12.1 Å². The van der Waals surface area contributed by atoms with Gasteiger partial charge in [-0.2, -0.15) is 4.31 Å². The van der Waals surface area contributed by atoms with Crippen molar-refractivity contribution in [1.82, 2.24) is 14.2 Å². The molecule has 4 rings (SSSR count). The molecule has 2 fully saturated rings. The first kappa shape index (κ1) is 21.9. The zero-order valence-corrected chi connectivity index (χ0v) is 18.9. The minimum absolute atomic E-state index is 0.0479. The first-order valence-corrected chi connectivity index (χ1v) is 12.1. The fraction of sp³-hybridized carbons (Fsp3) is 0.429. The van der Waals surface area contributed by atoms with Crippen molar-refractivity contribution in [3.63, 3.8) is 0 Å². The molecule has 31 heavy (non-hydrogen) atoms. The van der Waals surface area contributed by atoms with E-state index in [4.69, 9.17) is 16.3 Å². The third-order valence-electron chi connectivity index (χ3n) is 5.70. The van der Waals surface area contributed by atoms with Crippen LogP contribution in [0, 0.1) is 0 Å². The second kappa shape index (κ2) is 9.02. The molecule has 2 aliphatic rings. The van der Waals surface area contributed by atoms with Crippen molar-refractivity contribution in [2.24, 2.45) is 0 Å². The second-order valence-electron chi connectivity index (χ2n) is 7.59. The number of piperazine rings is 1. The summed E-state index contributed by atoms with van der Waals surface area (Å²) in [5, 5.41) is 0.580. The van der Waals surface area contributed by atoms with Gasteiger partial charge < -0.3 is 14.5 Å². The highest BCUT2D eigenvalue weighted by Crippen LogP contribution is 2.30. The largest absolute Gasteiger partial charge is 0.495 e. The molecule has 1 aromatic heterocycles. The normalized spacial score (nSPS) is 17.7. The summed E-state index contributed by atoms with van der Waals surface area (Å²) in [5.41, 5.74) is 0.344. The molecule has 0 unspecified atom stereocenters. The van der Waals surface area contributed by atoms with Gasteiger partial charge in [-0.05, 0) is 43.2 Å². The predicted molar refractivity (Wildman–Crippen MR) is 118 cm³/mol. The Morgan fingerprint density at radius 3 is 2.35 bits per heavy atom. The van der Waals surface area contributed by atoms with E-state index in [9.17, 15) is 13.2 Å². The lowest BCUT2D eigenvalue weighted by Crippen LogP contribution is -2.49. The summed E-state index contributed by atoms with van der Waals surface area (Å²) >= 11 is 5.90. The average Bonchev–Trinajstić information content (AvgIpc) is 3.35. The van der Waals surface area contributed by atoms with Gasteiger partial charge >= 0.3 is 0 Å². The minimum Gasteiger partial charge on any atom is -0.495 e. The molecule has 0 radical (unpaired) electrons. The van der Waals surface area contributed by atoms with Crippen LogP contribution in [0.3, 0.4) is 0 Å². The summed E-state index contributed by atoms with van der Waals surface area (Å²) < 4.78 is 32.9. The van der Waals surface area contributed by atoms with Crippen LogP contribution < -0.4 is 9.64 Å². The fourth-order valence-electron chi connectivity index (χ4n) is 3.96. The summed E-state index contributed by atoms with van der Waals surface area (Å²) in [6.07, 6.45) is 3.29. The Morgan fingerprint density at radius 1 is 1.03 bits per heavy atom. The van der Waals surface area contributed by atoms with Crippen molar-refractivity contribution in [3.8, 4) is 5.75 Å². The average molecular weight is 465 g/mol. The molecule has 1 aromatic carbocycles. The summed E-state index contributed by atoms with van der Waals surface area (Å²) in [6, 6.07) is 8.28. The Balaban J connectivity index is 1.51. The molecule has 0 N–H and O–H groups in total. The van der Waals surface area contributed by atoms with Gasteiger partial charge in [-0.1, -0.05) is 11.6 Å². The highest BCUT2D eigenvalue weighted by atomic mass is 35.5. The van der Waals surface area contributed by atoms with Gasteiger partial charge in [0.25, 0.3) is 5.91 Å². The molecule has 10 heteroatoms. The van der Waals surface area contributed by atoms with E-state index < -0.39 is 10.0 Å². The van der Waals surface area contributed by atoms with Crippen molar-refractivity contribution in [3.05, 3.63) is 47.1 Å². The van der Waals surface area contributed by atoms with Crippen LogP contribution in [0.4, 0.5) is 5.82 Å². The Hall–Kier alpha value is -2.36. The number of hydrogen-bond acceptors (Lipinski definition) is 6. The van der Waals surface area contributed by atoms with Crippen molar-refractivity contribution in [2.75, 3.05) is 51.3 Å². The van der Waals surface area contributed by atoms with E-state index in [0.29, 0.717) is 49.9 Å². The second-order valence-corrected chi connectivity index (χ2v) is 9.93. The fourth-order valence-corrected chi connectivity index (χ4v) is 5.77. The molecule has 0 atom stereocenters. The van der Waals surface area contributed by atoms with E-state index in [1.807, 2.05) is 6.07 Å². The van der Waals surface area contributed by atoms with E-state index in [0.717, 1.165) is 18.7 Å². The Labute approximate surface area is 187 Å². The summed E-state index contributed by atoms with van der Waals surface area (Å²) in [5.74, 6) is 0.881. The van der Waals surface area contributed by atoms with Crippen LogP contribution in [0.2, 0.25) is 5.02 Å². The maximum atomic E-state index is 13.1. The highest BCUT2D eigenvalue weighted by molar-refractivity contribution is 7.89. The number of halogens is 1. The number of carbonyl (C=O) groups is 1. The molecule has 0 bridgehead atoms. The Bertz CT molecular complexity index is 1050. The van der Waals surface area contributed by atoms with Crippen LogP contribution >= 0.6 is 11.6 Å². The van der Waals surface area contributed by atoms with Crippen LogP contribution in [0.15, 0.2) is 41.4 Å². The predicted octanol–water partition coefficient (Wildman–Crippen LogP) is 2.49. The molecule has 166 valence electrons. The van der Waals surface area contributed by atoms with Crippen LogP contribution in [0.1, 0.15) is 23.2 Å². The smallest absolute Gasteiger partial charge is 0.254 e. The van der Waals surface area contributed by atoms with Gasteiger partial charge in [0.1, 0.15) is 16.5 Å². The summed E-state index contributed by atoms with van der Waals surface area (Å²) in [4.78, 5) is 21.3. The molecule has 1 amide bonds. The molecule has 2 saturated heterocycles. The van der Waals surface area contributed by atoms with Crippen molar-refractivity contribution in [1.29, 1.82) is 0 Å². The number of hydrogen-bond donors (Lipinski definition) is 0. The topological polar surface area (TPSA) is 83.0 Å². The minimum atomic E-state index is -3.71. The van der Waals surface area contributed by atoms with E-state index in [1.54, 1.807) is 29.3 Å². The van der Waals surface area contributed by atoms with E-state index in [-0.39, 0.29) is 16.6 Å². The molecular weight excluding hydrogens is 440 g/mol. The van der Waals surface area contributed by atoms with Crippen LogP contribution in [0.5, 0.6) is 5.75 Å². The van der Waals surface area contributed by atoms with Crippen LogP contribution in [0.25, 0.3) is 0 Å². The van der Waals surface area contributed by atoms with E-state index in [1.165, 1.54) is 17.5 Å². The number of nitrogens with zero attached hydrogens (tertiary/aromatic N) is 4. The molecular formula is C21H25ClN4O4S. The molecule has 0 spiro atoms. The number of carbonyl (C=O) groups excluding carboxylic acids is 1. The lowest BCUT2D eigenvalue weighted by Gasteiger charge is -2.35.